The van der Waals surface area contributed by atoms with Crippen molar-refractivity contribution in [2.24, 2.45) is 5.41 Å². The Bertz CT molecular complexity index is 557. The van der Waals surface area contributed by atoms with Crippen LogP contribution in [0.15, 0.2) is 15.5 Å². The number of aliphatic hydroxyl groups is 1. The molecule has 1 aromatic rings. The van der Waals surface area contributed by atoms with Gasteiger partial charge in [-0.1, -0.05) is 13.8 Å². The monoisotopic (exact) mass is 361 g/mol. The van der Waals surface area contributed by atoms with Crippen molar-refractivity contribution >= 4 is 27.6 Å². The first kappa shape index (κ1) is 17.6. The van der Waals surface area contributed by atoms with Crippen LogP contribution in [0.2, 0.25) is 0 Å². The number of halogens is 1. The van der Waals surface area contributed by atoms with Crippen molar-refractivity contribution in [1.29, 1.82) is 0 Å². The summed E-state index contributed by atoms with van der Waals surface area (Å²) in [5.74, 6) is -0.540. The zero-order valence-electron chi connectivity index (χ0n) is 12.4. The van der Waals surface area contributed by atoms with Crippen LogP contribution in [-0.2, 0) is 16.1 Å². The van der Waals surface area contributed by atoms with Crippen LogP contribution in [0.25, 0.3) is 0 Å². The topological polar surface area (TPSA) is 93.5 Å². The van der Waals surface area contributed by atoms with Gasteiger partial charge < -0.3 is 15.2 Å². The molecule has 1 heterocycles. The number of rotatable bonds is 7. The first-order valence-electron chi connectivity index (χ1n) is 6.48. The first-order valence-corrected chi connectivity index (χ1v) is 7.27. The van der Waals surface area contributed by atoms with Crippen LogP contribution in [0.4, 0.5) is 5.69 Å². The van der Waals surface area contributed by atoms with Crippen molar-refractivity contribution in [2.45, 2.75) is 26.8 Å². The third kappa shape index (κ3) is 5.13. The molecule has 1 aromatic heterocycles. The average molecular weight is 362 g/mol. The van der Waals surface area contributed by atoms with Crippen molar-refractivity contribution in [2.75, 3.05) is 25.6 Å². The number of esters is 1. The molecule has 0 amide bonds. The number of aromatic nitrogens is 2. The standard InChI is InChI=1S/C13H20BrN3O4/c1-13(2,4-5-18)8-15-9-6-16-17(7-10(19)21-3)12(20)11(9)14/h6,15,18H,4-5,7-8H2,1-3H3. The number of methoxy groups -OCH3 is 1. The number of carbonyl (C=O) groups is 1. The predicted molar refractivity (Wildman–Crippen MR) is 82.2 cm³/mol. The Morgan fingerprint density at radius 3 is 2.81 bits per heavy atom. The molecule has 0 unspecified atom stereocenters. The minimum Gasteiger partial charge on any atom is -0.468 e. The van der Waals surface area contributed by atoms with Crippen LogP contribution >= 0.6 is 15.9 Å². The third-order valence-electron chi connectivity index (χ3n) is 3.04. The summed E-state index contributed by atoms with van der Waals surface area (Å²) in [6.07, 6.45) is 2.12. The van der Waals surface area contributed by atoms with Crippen LogP contribution in [-0.4, -0.2) is 41.1 Å². The molecule has 0 aliphatic carbocycles. The lowest BCUT2D eigenvalue weighted by molar-refractivity contribution is -0.141. The van der Waals surface area contributed by atoms with E-state index in [1.54, 1.807) is 0 Å². The highest BCUT2D eigenvalue weighted by atomic mass is 79.9. The van der Waals surface area contributed by atoms with Crippen molar-refractivity contribution in [3.8, 4) is 0 Å². The van der Waals surface area contributed by atoms with Gasteiger partial charge in [-0.05, 0) is 27.8 Å². The van der Waals surface area contributed by atoms with E-state index >= 15 is 0 Å². The molecular weight excluding hydrogens is 342 g/mol. The molecule has 0 atom stereocenters. The molecule has 7 nitrogen and oxygen atoms in total. The quantitative estimate of drug-likeness (QED) is 0.703. The fraction of sp³-hybridized carbons (Fsp3) is 0.615. The number of nitrogens with zero attached hydrogens (tertiary/aromatic N) is 2. The minimum absolute atomic E-state index is 0.106. The van der Waals surface area contributed by atoms with Gasteiger partial charge >= 0.3 is 5.97 Å². The molecule has 8 heteroatoms. The maximum atomic E-state index is 12.1. The molecule has 0 aromatic carbocycles. The molecule has 118 valence electrons. The molecular formula is C13H20BrN3O4. The summed E-state index contributed by atoms with van der Waals surface area (Å²) in [7, 11) is 1.25. The van der Waals surface area contributed by atoms with E-state index in [4.69, 9.17) is 5.11 Å². The lowest BCUT2D eigenvalue weighted by Gasteiger charge is -2.24. The average Bonchev–Trinajstić information content (AvgIpc) is 2.42. The normalized spacial score (nSPS) is 11.3. The van der Waals surface area contributed by atoms with Gasteiger partial charge in [-0.3, -0.25) is 9.59 Å². The second-order valence-corrected chi connectivity index (χ2v) is 6.20. The molecule has 1 rings (SSSR count). The number of hydrogen-bond donors (Lipinski definition) is 2. The van der Waals surface area contributed by atoms with Crippen molar-refractivity contribution in [3.05, 3.63) is 21.0 Å². The van der Waals surface area contributed by atoms with Gasteiger partial charge in [0, 0.05) is 13.2 Å². The van der Waals surface area contributed by atoms with Gasteiger partial charge in [0.1, 0.15) is 11.0 Å². The fourth-order valence-corrected chi connectivity index (χ4v) is 2.06. The van der Waals surface area contributed by atoms with Gasteiger partial charge in [-0.15, -0.1) is 0 Å². The number of nitrogens with one attached hydrogen (secondary N) is 1. The van der Waals surface area contributed by atoms with Gasteiger partial charge in [0.25, 0.3) is 5.56 Å². The van der Waals surface area contributed by atoms with Crippen molar-refractivity contribution < 1.29 is 14.6 Å². The number of anilines is 1. The summed E-state index contributed by atoms with van der Waals surface area (Å²) in [5.41, 5.74) is 0.0206. The number of carbonyl (C=O) groups excluding carboxylic acids is 1. The molecule has 0 radical (unpaired) electrons. The number of ether oxygens (including phenoxy) is 1. The van der Waals surface area contributed by atoms with Gasteiger partial charge in [-0.25, -0.2) is 4.68 Å². The van der Waals surface area contributed by atoms with Crippen LogP contribution in [0.1, 0.15) is 20.3 Å². The Morgan fingerprint density at radius 2 is 2.24 bits per heavy atom. The van der Waals surface area contributed by atoms with Crippen LogP contribution in [0, 0.1) is 5.41 Å². The second-order valence-electron chi connectivity index (χ2n) is 5.40. The SMILES string of the molecule is COC(=O)Cn1ncc(NCC(C)(C)CCO)c(Br)c1=O. The van der Waals surface area contributed by atoms with Crippen molar-refractivity contribution in [3.63, 3.8) is 0 Å². The zero-order valence-corrected chi connectivity index (χ0v) is 13.9. The van der Waals surface area contributed by atoms with Gasteiger partial charge in [0.2, 0.25) is 0 Å². The van der Waals surface area contributed by atoms with E-state index in [1.807, 2.05) is 13.8 Å². The van der Waals surface area contributed by atoms with E-state index in [-0.39, 0.29) is 18.6 Å². The van der Waals surface area contributed by atoms with E-state index in [1.165, 1.54) is 13.3 Å². The summed E-state index contributed by atoms with van der Waals surface area (Å²) >= 11 is 3.21. The highest BCUT2D eigenvalue weighted by Gasteiger charge is 2.18. The second kappa shape index (κ2) is 7.56. The van der Waals surface area contributed by atoms with Crippen LogP contribution < -0.4 is 10.9 Å². The summed E-state index contributed by atoms with van der Waals surface area (Å²) in [6, 6.07) is 0. The van der Waals surface area contributed by atoms with E-state index < -0.39 is 11.5 Å². The maximum Gasteiger partial charge on any atom is 0.327 e. The Balaban J connectivity index is 2.85. The largest absolute Gasteiger partial charge is 0.468 e. The van der Waals surface area contributed by atoms with E-state index in [0.29, 0.717) is 23.1 Å². The third-order valence-corrected chi connectivity index (χ3v) is 3.80. The Kier molecular flexibility index (Phi) is 6.35. The predicted octanol–water partition coefficient (Wildman–Crippen LogP) is 0.999. The Morgan fingerprint density at radius 1 is 1.57 bits per heavy atom. The van der Waals surface area contributed by atoms with E-state index in [9.17, 15) is 9.59 Å². The lowest BCUT2D eigenvalue weighted by Crippen LogP contribution is -2.30. The number of hydrogen-bond acceptors (Lipinski definition) is 6. The molecule has 0 fully saturated rings. The summed E-state index contributed by atoms with van der Waals surface area (Å²) in [6.45, 7) is 4.47. The Hall–Kier alpha value is -1.41. The van der Waals surface area contributed by atoms with Gasteiger partial charge in [0.05, 0.1) is 19.0 Å². The van der Waals surface area contributed by atoms with Gasteiger partial charge in [-0.2, -0.15) is 5.10 Å². The van der Waals surface area contributed by atoms with E-state index in [0.717, 1.165) is 4.68 Å². The smallest absolute Gasteiger partial charge is 0.327 e. The molecule has 0 aliphatic heterocycles. The summed E-state index contributed by atoms with van der Waals surface area (Å²) in [4.78, 5) is 23.2. The highest BCUT2D eigenvalue weighted by molar-refractivity contribution is 9.10. The maximum absolute atomic E-state index is 12.1. The molecule has 2 N–H and O–H groups in total. The minimum atomic E-state index is -0.540. The van der Waals surface area contributed by atoms with Crippen LogP contribution in [0.3, 0.4) is 0 Å². The molecule has 21 heavy (non-hydrogen) atoms. The van der Waals surface area contributed by atoms with Crippen LogP contribution in [0.5, 0.6) is 0 Å². The van der Waals surface area contributed by atoms with E-state index in [2.05, 4.69) is 31.1 Å². The molecule has 0 aliphatic rings. The molecule has 0 saturated carbocycles. The molecule has 0 bridgehead atoms. The summed E-state index contributed by atoms with van der Waals surface area (Å²) in [5, 5.41) is 16.1. The molecule has 0 saturated heterocycles. The van der Waals surface area contributed by atoms with Crippen molar-refractivity contribution in [1.82, 2.24) is 9.78 Å². The molecule has 0 spiro atoms. The zero-order chi connectivity index (χ0) is 16.0. The lowest BCUT2D eigenvalue weighted by atomic mass is 9.90. The first-order chi connectivity index (χ1) is 9.80. The fourth-order valence-electron chi connectivity index (χ4n) is 1.61. The number of aliphatic hydroxyl groups excluding tert-OH is 1. The Labute approximate surface area is 131 Å². The van der Waals surface area contributed by atoms with Gasteiger partial charge in [0.15, 0.2) is 0 Å². The highest BCUT2D eigenvalue weighted by Crippen LogP contribution is 2.23. The summed E-state index contributed by atoms with van der Waals surface area (Å²) < 4.78 is 5.84.